The van der Waals surface area contributed by atoms with Crippen molar-refractivity contribution in [3.63, 3.8) is 0 Å². The fourth-order valence-corrected chi connectivity index (χ4v) is 5.67. The molecule has 4 heterocycles. The van der Waals surface area contributed by atoms with Gasteiger partial charge in [-0.3, -0.25) is 9.10 Å². The van der Waals surface area contributed by atoms with Crippen LogP contribution >= 0.6 is 0 Å². The van der Waals surface area contributed by atoms with Crippen molar-refractivity contribution in [3.05, 3.63) is 82.7 Å². The van der Waals surface area contributed by atoms with Crippen molar-refractivity contribution < 1.29 is 26.4 Å². The van der Waals surface area contributed by atoms with Gasteiger partial charge < -0.3 is 9.80 Å². The number of aromatic nitrogens is 4. The molecule has 1 aromatic carbocycles. The number of piperazine rings is 1. The topological polar surface area (TPSA) is 122 Å². The van der Waals surface area contributed by atoms with Gasteiger partial charge in [-0.25, -0.2) is 40.9 Å². The van der Waals surface area contributed by atoms with E-state index in [2.05, 4.69) is 21.5 Å². The Bertz CT molecular complexity index is 1980. The van der Waals surface area contributed by atoms with E-state index in [1.54, 1.807) is 23.6 Å². The first kappa shape index (κ1) is 30.7. The van der Waals surface area contributed by atoms with Gasteiger partial charge in [0, 0.05) is 38.9 Å². The number of carbonyl (C=O) groups is 1. The third-order valence-electron chi connectivity index (χ3n) is 7.51. The molecule has 0 spiro atoms. The fraction of sp³-hybridized carbons (Fsp3) is 0.276. The number of anilines is 2. The largest absolute Gasteiger partial charge is 0.355 e. The van der Waals surface area contributed by atoms with Gasteiger partial charge in [0.25, 0.3) is 0 Å². The predicted molar refractivity (Wildman–Crippen MR) is 160 cm³/mol. The Balaban J connectivity index is 1.86. The molecule has 0 radical (unpaired) electrons. The number of halogens is 3. The summed E-state index contributed by atoms with van der Waals surface area (Å²) in [4.78, 5) is 42.2. The van der Waals surface area contributed by atoms with Crippen molar-refractivity contribution in [3.8, 4) is 16.9 Å². The maximum atomic E-state index is 15.8. The number of fused-ring (bicyclic) bond motifs is 1. The van der Waals surface area contributed by atoms with Crippen LogP contribution in [-0.2, 0) is 14.8 Å². The van der Waals surface area contributed by atoms with Crippen LogP contribution in [0.3, 0.4) is 0 Å². The molecule has 0 unspecified atom stereocenters. The molecule has 1 fully saturated rings. The number of hydrogen-bond donors (Lipinski definition) is 0. The van der Waals surface area contributed by atoms with Gasteiger partial charge in [0.15, 0.2) is 17.3 Å². The molecule has 1 saturated heterocycles. The first-order valence-electron chi connectivity index (χ1n) is 13.4. The third-order valence-corrected chi connectivity index (χ3v) is 8.68. The SMILES string of the molecule is C=CC(=O)N1CCN(c2nc(=O)n(-c3c(C)ccnc3N(C)S(C)(=O)=O)c3nc(-c4c(F)cccc4F)c(F)cc23)[C@@H](C)C1. The Kier molecular flexibility index (Phi) is 7.92. The smallest absolute Gasteiger partial charge is 0.350 e. The zero-order chi connectivity index (χ0) is 32.1. The summed E-state index contributed by atoms with van der Waals surface area (Å²) in [5.74, 6) is -3.63. The lowest BCUT2D eigenvalue weighted by Crippen LogP contribution is -2.54. The molecule has 230 valence electrons. The molecule has 1 aliphatic heterocycles. The molecule has 5 rings (SSSR count). The van der Waals surface area contributed by atoms with Gasteiger partial charge >= 0.3 is 5.69 Å². The lowest BCUT2D eigenvalue weighted by Gasteiger charge is -2.40. The highest BCUT2D eigenvalue weighted by Crippen LogP contribution is 2.35. The van der Waals surface area contributed by atoms with Crippen LogP contribution in [-0.4, -0.2) is 77.7 Å². The monoisotopic (exact) mass is 627 g/mol. The molecule has 1 atom stereocenters. The van der Waals surface area contributed by atoms with Gasteiger partial charge in [0.1, 0.15) is 23.1 Å². The molecule has 3 aromatic heterocycles. The molecule has 0 N–H and O–H groups in total. The maximum Gasteiger partial charge on any atom is 0.355 e. The molecule has 1 aliphatic rings. The summed E-state index contributed by atoms with van der Waals surface area (Å²) >= 11 is 0. The lowest BCUT2D eigenvalue weighted by atomic mass is 10.1. The molecule has 11 nitrogen and oxygen atoms in total. The number of amides is 1. The second-order valence-corrected chi connectivity index (χ2v) is 12.4. The van der Waals surface area contributed by atoms with Gasteiger partial charge in [-0.05, 0) is 49.8 Å². The Hall–Kier alpha value is -4.79. The molecule has 4 aromatic rings. The van der Waals surface area contributed by atoms with Gasteiger partial charge in [-0.1, -0.05) is 12.6 Å². The summed E-state index contributed by atoms with van der Waals surface area (Å²) in [5, 5.41) is 0.00848. The van der Waals surface area contributed by atoms with E-state index in [0.29, 0.717) is 5.56 Å². The minimum Gasteiger partial charge on any atom is -0.350 e. The highest BCUT2D eigenvalue weighted by atomic mass is 32.2. The Morgan fingerprint density at radius 3 is 2.41 bits per heavy atom. The van der Waals surface area contributed by atoms with Crippen molar-refractivity contribution in [2.45, 2.75) is 19.9 Å². The zero-order valence-corrected chi connectivity index (χ0v) is 25.1. The van der Waals surface area contributed by atoms with Crippen LogP contribution in [0.25, 0.3) is 28.0 Å². The van der Waals surface area contributed by atoms with Crippen molar-refractivity contribution >= 4 is 38.6 Å². The normalized spacial score (nSPS) is 15.5. The van der Waals surface area contributed by atoms with Gasteiger partial charge in [-0.15, -0.1) is 0 Å². The van der Waals surface area contributed by atoms with Gasteiger partial charge in [0.05, 0.1) is 22.9 Å². The van der Waals surface area contributed by atoms with Gasteiger partial charge in [-0.2, -0.15) is 4.98 Å². The number of hydrogen-bond acceptors (Lipinski definition) is 8. The summed E-state index contributed by atoms with van der Waals surface area (Å²) in [7, 11) is -2.63. The second kappa shape index (κ2) is 11.4. The number of pyridine rings is 2. The predicted octanol–water partition coefficient (Wildman–Crippen LogP) is 3.19. The Morgan fingerprint density at radius 2 is 1.80 bits per heavy atom. The minimum absolute atomic E-state index is 0.00848. The van der Waals surface area contributed by atoms with Crippen LogP contribution in [0.4, 0.5) is 24.8 Å². The Morgan fingerprint density at radius 1 is 1.11 bits per heavy atom. The number of nitrogens with zero attached hydrogens (tertiary/aromatic N) is 7. The zero-order valence-electron chi connectivity index (χ0n) is 24.3. The van der Waals surface area contributed by atoms with E-state index < -0.39 is 50.5 Å². The number of aryl methyl sites for hydroxylation is 1. The summed E-state index contributed by atoms with van der Waals surface area (Å²) in [5.41, 5.74) is -2.25. The summed E-state index contributed by atoms with van der Waals surface area (Å²) < 4.78 is 72.4. The average Bonchev–Trinajstić information content (AvgIpc) is 2.96. The van der Waals surface area contributed by atoms with E-state index in [4.69, 9.17) is 0 Å². The molecular weight excluding hydrogens is 599 g/mol. The minimum atomic E-state index is -3.88. The number of carbonyl (C=O) groups excluding carboxylic acids is 1. The summed E-state index contributed by atoms with van der Waals surface area (Å²) in [6.07, 6.45) is 3.50. The van der Waals surface area contributed by atoms with Crippen LogP contribution in [0.1, 0.15) is 12.5 Å². The van der Waals surface area contributed by atoms with Gasteiger partial charge in [0.2, 0.25) is 15.9 Å². The van der Waals surface area contributed by atoms with E-state index in [9.17, 15) is 26.8 Å². The maximum absolute atomic E-state index is 15.8. The van der Waals surface area contributed by atoms with Crippen molar-refractivity contribution in [2.75, 3.05) is 42.1 Å². The number of benzene rings is 1. The van der Waals surface area contributed by atoms with Crippen LogP contribution in [0.15, 0.2) is 54.0 Å². The van der Waals surface area contributed by atoms with Crippen LogP contribution in [0, 0.1) is 24.4 Å². The highest BCUT2D eigenvalue weighted by molar-refractivity contribution is 7.92. The van der Waals surface area contributed by atoms with E-state index >= 15 is 4.39 Å². The van der Waals surface area contributed by atoms with Crippen molar-refractivity contribution in [1.29, 1.82) is 0 Å². The second-order valence-electron chi connectivity index (χ2n) is 10.4. The van der Waals surface area contributed by atoms with E-state index in [0.717, 1.165) is 39.4 Å². The molecule has 44 heavy (non-hydrogen) atoms. The quantitative estimate of drug-likeness (QED) is 0.299. The molecule has 0 bridgehead atoms. The molecule has 0 aliphatic carbocycles. The number of rotatable bonds is 6. The van der Waals surface area contributed by atoms with E-state index in [1.807, 2.05) is 0 Å². The average molecular weight is 628 g/mol. The number of sulfonamides is 1. The highest BCUT2D eigenvalue weighted by Gasteiger charge is 2.31. The molecule has 1 amide bonds. The van der Waals surface area contributed by atoms with Crippen LogP contribution in [0.5, 0.6) is 0 Å². The molecule has 15 heteroatoms. The Labute approximate surface area is 250 Å². The van der Waals surface area contributed by atoms with Crippen LogP contribution in [0.2, 0.25) is 0 Å². The fourth-order valence-electron chi connectivity index (χ4n) is 5.23. The van der Waals surface area contributed by atoms with Crippen molar-refractivity contribution in [1.82, 2.24) is 24.4 Å². The summed E-state index contributed by atoms with van der Waals surface area (Å²) in [6, 6.07) is 5.14. The van der Waals surface area contributed by atoms with E-state index in [-0.39, 0.29) is 53.9 Å². The molecular formula is C29H28F3N7O4S. The molecule has 0 saturated carbocycles. The van der Waals surface area contributed by atoms with Crippen LogP contribution < -0.4 is 14.9 Å². The first-order chi connectivity index (χ1) is 20.7. The third kappa shape index (κ3) is 5.27. The first-order valence-corrected chi connectivity index (χ1v) is 15.2. The van der Waals surface area contributed by atoms with E-state index in [1.165, 1.54) is 25.4 Å². The standard InChI is InChI=1S/C29H28F3N7O4S/c1-6-22(40)37-12-13-38(17(3)15-37)26-18-14-21(32)24(23-19(30)8-7-9-20(23)31)34-27(18)39(29(41)35-26)25-16(2)10-11-33-28(25)36(4)44(5,42)43/h6-11,14,17H,1,12-13,15H2,2-5H3/t17-/m0/s1. The lowest BCUT2D eigenvalue weighted by molar-refractivity contribution is -0.126. The summed E-state index contributed by atoms with van der Waals surface area (Å²) in [6.45, 7) is 7.62. The van der Waals surface area contributed by atoms with Crippen molar-refractivity contribution in [2.24, 2.45) is 0 Å².